The van der Waals surface area contributed by atoms with Gasteiger partial charge in [-0.1, -0.05) is 0 Å². The lowest BCUT2D eigenvalue weighted by Gasteiger charge is -2.34. The second kappa shape index (κ2) is 5.18. The van der Waals surface area contributed by atoms with E-state index in [0.29, 0.717) is 17.8 Å². The number of hydrogen-bond donors (Lipinski definition) is 1. The van der Waals surface area contributed by atoms with Gasteiger partial charge in [0.05, 0.1) is 17.1 Å². The Kier molecular flexibility index (Phi) is 3.93. The molecular weight excluding hydrogens is 288 g/mol. The van der Waals surface area contributed by atoms with Gasteiger partial charge in [0.1, 0.15) is 0 Å². The van der Waals surface area contributed by atoms with Crippen molar-refractivity contribution in [3.8, 4) is 0 Å². The molecule has 19 heavy (non-hydrogen) atoms. The average Bonchev–Trinajstić information content (AvgIpc) is 2.76. The van der Waals surface area contributed by atoms with E-state index in [0.717, 1.165) is 11.3 Å². The number of aromatic nitrogens is 1. The summed E-state index contributed by atoms with van der Waals surface area (Å²) >= 11 is 1.14. The van der Waals surface area contributed by atoms with Crippen LogP contribution in [0.15, 0.2) is 10.4 Å². The third-order valence-corrected chi connectivity index (χ3v) is 6.69. The van der Waals surface area contributed by atoms with Crippen molar-refractivity contribution < 1.29 is 18.3 Å². The monoisotopic (exact) mass is 304 g/mol. The van der Waals surface area contributed by atoms with E-state index in [-0.39, 0.29) is 16.8 Å². The predicted molar refractivity (Wildman–Crippen MR) is 70.6 cm³/mol. The summed E-state index contributed by atoms with van der Waals surface area (Å²) in [5, 5.41) is 9.69. The van der Waals surface area contributed by atoms with E-state index in [1.165, 1.54) is 10.5 Å². The number of thiazole rings is 1. The van der Waals surface area contributed by atoms with Crippen LogP contribution in [-0.4, -0.2) is 41.4 Å². The Hall–Kier alpha value is -0.990. The van der Waals surface area contributed by atoms with Crippen LogP contribution in [-0.2, 0) is 14.8 Å². The SMILES string of the molecule is Cc1ncc(S(=O)(=O)N2CCC(C(=O)O)CC2C)s1. The average molecular weight is 304 g/mol. The van der Waals surface area contributed by atoms with Gasteiger partial charge in [-0.15, -0.1) is 11.3 Å². The quantitative estimate of drug-likeness (QED) is 0.910. The third kappa shape index (κ3) is 2.80. The number of aryl methyl sites for hydroxylation is 1. The van der Waals surface area contributed by atoms with Crippen molar-refractivity contribution in [1.29, 1.82) is 0 Å². The molecule has 2 unspecified atom stereocenters. The van der Waals surface area contributed by atoms with Crippen LogP contribution in [0.25, 0.3) is 0 Å². The molecule has 6 nitrogen and oxygen atoms in total. The number of rotatable bonds is 3. The van der Waals surface area contributed by atoms with Crippen molar-refractivity contribution >= 4 is 27.3 Å². The molecule has 0 aromatic carbocycles. The Morgan fingerprint density at radius 1 is 1.58 bits per heavy atom. The van der Waals surface area contributed by atoms with Gasteiger partial charge < -0.3 is 5.11 Å². The minimum Gasteiger partial charge on any atom is -0.481 e. The number of carboxylic acid groups (broad SMARTS) is 1. The number of nitrogens with zero attached hydrogens (tertiary/aromatic N) is 2. The maximum atomic E-state index is 12.4. The minimum absolute atomic E-state index is 0.227. The summed E-state index contributed by atoms with van der Waals surface area (Å²) in [6.07, 6.45) is 2.08. The maximum Gasteiger partial charge on any atom is 0.306 e. The zero-order valence-electron chi connectivity index (χ0n) is 10.7. The highest BCUT2D eigenvalue weighted by Crippen LogP contribution is 2.30. The maximum absolute atomic E-state index is 12.4. The van der Waals surface area contributed by atoms with E-state index in [1.807, 2.05) is 0 Å². The molecule has 8 heteroatoms. The number of piperidine rings is 1. The highest BCUT2D eigenvalue weighted by atomic mass is 32.2. The minimum atomic E-state index is -3.54. The molecule has 2 atom stereocenters. The van der Waals surface area contributed by atoms with Gasteiger partial charge in [-0.25, -0.2) is 13.4 Å². The summed E-state index contributed by atoms with van der Waals surface area (Å²) in [6, 6.07) is -0.303. The second-order valence-corrected chi connectivity index (χ2v) is 8.07. The number of sulfonamides is 1. The molecule has 1 aromatic rings. The zero-order chi connectivity index (χ0) is 14.2. The van der Waals surface area contributed by atoms with Crippen molar-refractivity contribution in [3.05, 3.63) is 11.2 Å². The van der Waals surface area contributed by atoms with Crippen LogP contribution < -0.4 is 0 Å². The standard InChI is InChI=1S/C11H16N2O4S2/c1-7-5-9(11(14)15)3-4-13(7)19(16,17)10-6-12-8(2)18-10/h6-7,9H,3-5H2,1-2H3,(H,14,15). The lowest BCUT2D eigenvalue weighted by atomic mass is 9.93. The van der Waals surface area contributed by atoms with Crippen LogP contribution in [0.2, 0.25) is 0 Å². The summed E-state index contributed by atoms with van der Waals surface area (Å²) in [6.45, 7) is 3.75. The Bertz CT molecular complexity index is 581. The predicted octanol–water partition coefficient (Wildman–Crippen LogP) is 1.33. The molecule has 1 aromatic heterocycles. The molecule has 2 rings (SSSR count). The summed E-state index contributed by atoms with van der Waals surface area (Å²) in [5.74, 6) is -1.30. The molecule has 0 spiro atoms. The topological polar surface area (TPSA) is 87.6 Å². The Morgan fingerprint density at radius 2 is 2.26 bits per heavy atom. The summed E-state index contributed by atoms with van der Waals surface area (Å²) in [4.78, 5) is 14.9. The van der Waals surface area contributed by atoms with Gasteiger partial charge in [0, 0.05) is 12.6 Å². The number of hydrogen-bond acceptors (Lipinski definition) is 5. The first-order valence-corrected chi connectivity index (χ1v) is 8.25. The first kappa shape index (κ1) is 14.4. The first-order chi connectivity index (χ1) is 8.82. The lowest BCUT2D eigenvalue weighted by molar-refractivity contribution is -0.143. The summed E-state index contributed by atoms with van der Waals surface area (Å²) < 4.78 is 26.5. The number of carbonyl (C=O) groups is 1. The van der Waals surface area contributed by atoms with E-state index in [9.17, 15) is 13.2 Å². The Balaban J connectivity index is 2.21. The van der Waals surface area contributed by atoms with Crippen LogP contribution in [0.4, 0.5) is 0 Å². The van der Waals surface area contributed by atoms with Crippen LogP contribution >= 0.6 is 11.3 Å². The van der Waals surface area contributed by atoms with Gasteiger partial charge in [-0.05, 0) is 26.7 Å². The van der Waals surface area contributed by atoms with Crippen molar-refractivity contribution in [2.24, 2.45) is 5.92 Å². The molecule has 0 bridgehead atoms. The van der Waals surface area contributed by atoms with Crippen LogP contribution in [0.1, 0.15) is 24.8 Å². The van der Waals surface area contributed by atoms with Crippen LogP contribution in [0, 0.1) is 12.8 Å². The van der Waals surface area contributed by atoms with Crippen molar-refractivity contribution in [2.75, 3.05) is 6.54 Å². The molecule has 1 saturated heterocycles. The molecular formula is C11H16N2O4S2. The van der Waals surface area contributed by atoms with Crippen molar-refractivity contribution in [2.45, 2.75) is 36.9 Å². The van der Waals surface area contributed by atoms with Crippen LogP contribution in [0.3, 0.4) is 0 Å². The van der Waals surface area contributed by atoms with E-state index in [1.54, 1.807) is 13.8 Å². The van der Waals surface area contributed by atoms with Gasteiger partial charge in [0.2, 0.25) is 0 Å². The smallest absolute Gasteiger partial charge is 0.306 e. The number of aliphatic carboxylic acids is 1. The molecule has 106 valence electrons. The second-order valence-electron chi connectivity index (χ2n) is 4.72. The van der Waals surface area contributed by atoms with E-state index in [4.69, 9.17) is 5.11 Å². The van der Waals surface area contributed by atoms with Gasteiger partial charge in [0.15, 0.2) is 4.21 Å². The summed E-state index contributed by atoms with van der Waals surface area (Å²) in [7, 11) is -3.54. The highest BCUT2D eigenvalue weighted by Gasteiger charge is 2.37. The molecule has 1 N–H and O–H groups in total. The van der Waals surface area contributed by atoms with Gasteiger partial charge in [-0.2, -0.15) is 4.31 Å². The fraction of sp³-hybridized carbons (Fsp3) is 0.636. The molecule has 1 aliphatic rings. The molecule has 2 heterocycles. The molecule has 0 amide bonds. The Morgan fingerprint density at radius 3 is 2.74 bits per heavy atom. The van der Waals surface area contributed by atoms with E-state index >= 15 is 0 Å². The van der Waals surface area contributed by atoms with Gasteiger partial charge >= 0.3 is 5.97 Å². The fourth-order valence-electron chi connectivity index (χ4n) is 2.31. The largest absolute Gasteiger partial charge is 0.481 e. The first-order valence-electron chi connectivity index (χ1n) is 5.99. The molecule has 1 aliphatic heterocycles. The summed E-state index contributed by atoms with van der Waals surface area (Å²) in [5.41, 5.74) is 0. The lowest BCUT2D eigenvalue weighted by Crippen LogP contribution is -2.45. The van der Waals surface area contributed by atoms with E-state index < -0.39 is 21.9 Å². The van der Waals surface area contributed by atoms with Crippen LogP contribution in [0.5, 0.6) is 0 Å². The normalized spacial score (nSPS) is 25.4. The third-order valence-electron chi connectivity index (χ3n) is 3.33. The number of carboxylic acids is 1. The van der Waals surface area contributed by atoms with E-state index in [2.05, 4.69) is 4.98 Å². The zero-order valence-corrected chi connectivity index (χ0v) is 12.4. The fourth-order valence-corrected chi connectivity index (χ4v) is 5.20. The molecule has 0 radical (unpaired) electrons. The Labute approximate surface area is 116 Å². The highest BCUT2D eigenvalue weighted by molar-refractivity contribution is 7.91. The van der Waals surface area contributed by atoms with Gasteiger partial charge in [-0.3, -0.25) is 4.79 Å². The molecule has 0 saturated carbocycles. The van der Waals surface area contributed by atoms with Crippen molar-refractivity contribution in [3.63, 3.8) is 0 Å². The molecule has 0 aliphatic carbocycles. The molecule has 1 fully saturated rings. The van der Waals surface area contributed by atoms with Gasteiger partial charge in [0.25, 0.3) is 10.0 Å². The van der Waals surface area contributed by atoms with Crippen molar-refractivity contribution in [1.82, 2.24) is 9.29 Å².